The lowest BCUT2D eigenvalue weighted by atomic mass is 9.85. The maximum atomic E-state index is 14.2. The summed E-state index contributed by atoms with van der Waals surface area (Å²) in [5.41, 5.74) is 2.19. The van der Waals surface area contributed by atoms with Crippen molar-refractivity contribution in [2.24, 2.45) is 5.41 Å². The minimum Gasteiger partial charge on any atom is -0.486 e. The fourth-order valence-corrected chi connectivity index (χ4v) is 5.17. The molecule has 2 aromatic carbocycles. The van der Waals surface area contributed by atoms with Crippen LogP contribution in [0.1, 0.15) is 72.7 Å². The standard InChI is InChI=1S/C30H33FN2O4/c1-30(2,3)29(35)33-16-13-20-9-10-23(18-25(20)27(33)21-7-6-8-22(31)17-21)36-19-24-11-12-26(37-24)28(34)32-14-4-5-15-32/h6-12,17-18,27H,4-5,13-16,19H2,1-3H3/t27-/m1/s1. The highest BCUT2D eigenvalue weighted by molar-refractivity contribution is 5.91. The Labute approximate surface area is 217 Å². The van der Waals surface area contributed by atoms with E-state index in [0.29, 0.717) is 30.2 Å². The molecule has 0 radical (unpaired) electrons. The zero-order chi connectivity index (χ0) is 26.2. The van der Waals surface area contributed by atoms with E-state index in [4.69, 9.17) is 9.15 Å². The highest BCUT2D eigenvalue weighted by atomic mass is 19.1. The number of hydrogen-bond acceptors (Lipinski definition) is 4. The Bertz CT molecular complexity index is 1300. The molecule has 194 valence electrons. The zero-order valence-corrected chi connectivity index (χ0v) is 21.6. The average Bonchev–Trinajstić information content (AvgIpc) is 3.58. The van der Waals surface area contributed by atoms with Crippen LogP contribution in [0.25, 0.3) is 0 Å². The molecule has 3 heterocycles. The summed E-state index contributed by atoms with van der Waals surface area (Å²) >= 11 is 0. The van der Waals surface area contributed by atoms with Gasteiger partial charge >= 0.3 is 0 Å². The molecule has 0 N–H and O–H groups in total. The number of furan rings is 1. The van der Waals surface area contributed by atoms with Crippen LogP contribution < -0.4 is 4.74 Å². The molecule has 5 rings (SSSR count). The number of ether oxygens (including phenoxy) is 1. The third-order valence-corrected chi connectivity index (χ3v) is 7.06. The van der Waals surface area contributed by atoms with E-state index in [1.807, 2.05) is 54.8 Å². The van der Waals surface area contributed by atoms with Crippen LogP contribution in [0.3, 0.4) is 0 Å². The van der Waals surface area contributed by atoms with Crippen LogP contribution in [-0.2, 0) is 17.8 Å². The first-order chi connectivity index (χ1) is 17.7. The van der Waals surface area contributed by atoms with Crippen molar-refractivity contribution >= 4 is 11.8 Å². The van der Waals surface area contributed by atoms with E-state index in [9.17, 15) is 14.0 Å². The molecule has 37 heavy (non-hydrogen) atoms. The summed E-state index contributed by atoms with van der Waals surface area (Å²) in [7, 11) is 0. The molecule has 7 heteroatoms. The zero-order valence-electron chi connectivity index (χ0n) is 21.6. The third kappa shape index (κ3) is 5.26. The Hall–Kier alpha value is -3.61. The van der Waals surface area contributed by atoms with Crippen molar-refractivity contribution in [3.05, 3.63) is 88.6 Å². The van der Waals surface area contributed by atoms with Gasteiger partial charge in [-0.2, -0.15) is 0 Å². The molecule has 2 aliphatic heterocycles. The first kappa shape index (κ1) is 25.1. The monoisotopic (exact) mass is 504 g/mol. The second-order valence-electron chi connectivity index (χ2n) is 10.9. The molecule has 1 fully saturated rings. The van der Waals surface area contributed by atoms with Gasteiger partial charge < -0.3 is 19.0 Å². The molecule has 1 atom stereocenters. The maximum Gasteiger partial charge on any atom is 0.289 e. The summed E-state index contributed by atoms with van der Waals surface area (Å²) in [6, 6.07) is 15.4. The van der Waals surface area contributed by atoms with E-state index in [0.717, 1.165) is 42.6 Å². The van der Waals surface area contributed by atoms with Crippen molar-refractivity contribution in [3.63, 3.8) is 0 Å². The van der Waals surface area contributed by atoms with Gasteiger partial charge in [-0.15, -0.1) is 0 Å². The summed E-state index contributed by atoms with van der Waals surface area (Å²) in [6.45, 7) is 7.97. The number of benzene rings is 2. The van der Waals surface area contributed by atoms with Gasteiger partial charge in [-0.25, -0.2) is 4.39 Å². The number of likely N-dealkylation sites (tertiary alicyclic amines) is 1. The van der Waals surface area contributed by atoms with E-state index >= 15 is 0 Å². The molecule has 0 unspecified atom stereocenters. The molecule has 3 aromatic rings. The lowest BCUT2D eigenvalue weighted by Crippen LogP contribution is -2.45. The minimum absolute atomic E-state index is 0.0181. The van der Waals surface area contributed by atoms with Crippen molar-refractivity contribution in [3.8, 4) is 5.75 Å². The van der Waals surface area contributed by atoms with E-state index in [1.54, 1.807) is 18.2 Å². The second-order valence-corrected chi connectivity index (χ2v) is 10.9. The molecule has 1 saturated heterocycles. The number of carbonyl (C=O) groups excluding carboxylic acids is 2. The molecule has 2 aliphatic rings. The fraction of sp³-hybridized carbons (Fsp3) is 0.400. The lowest BCUT2D eigenvalue weighted by Gasteiger charge is -2.41. The van der Waals surface area contributed by atoms with Gasteiger partial charge in [0.2, 0.25) is 5.91 Å². The van der Waals surface area contributed by atoms with E-state index in [-0.39, 0.29) is 24.2 Å². The van der Waals surface area contributed by atoms with Gasteiger partial charge in [0.1, 0.15) is 23.9 Å². The predicted molar refractivity (Wildman–Crippen MR) is 138 cm³/mol. The Kier molecular flexibility index (Phi) is 6.80. The third-order valence-electron chi connectivity index (χ3n) is 7.06. The number of hydrogen-bond donors (Lipinski definition) is 0. The van der Waals surface area contributed by atoms with Gasteiger partial charge in [-0.3, -0.25) is 9.59 Å². The number of carbonyl (C=O) groups is 2. The molecule has 0 saturated carbocycles. The van der Waals surface area contributed by atoms with E-state index < -0.39 is 11.5 Å². The molecular formula is C30H33FN2O4. The Morgan fingerprint density at radius 3 is 2.54 bits per heavy atom. The summed E-state index contributed by atoms with van der Waals surface area (Å²) in [5.74, 6) is 1.11. The van der Waals surface area contributed by atoms with Crippen LogP contribution in [0.5, 0.6) is 5.75 Å². The first-order valence-corrected chi connectivity index (χ1v) is 12.9. The fourth-order valence-electron chi connectivity index (χ4n) is 5.17. The number of rotatable bonds is 5. The minimum atomic E-state index is -0.569. The Balaban J connectivity index is 1.39. The largest absolute Gasteiger partial charge is 0.486 e. The molecule has 6 nitrogen and oxygen atoms in total. The summed E-state index contributed by atoms with van der Waals surface area (Å²) < 4.78 is 26.1. The van der Waals surface area contributed by atoms with Crippen molar-refractivity contribution in [1.82, 2.24) is 9.80 Å². The number of amides is 2. The van der Waals surface area contributed by atoms with Crippen molar-refractivity contribution in [2.45, 2.75) is 52.7 Å². The number of halogens is 1. The maximum absolute atomic E-state index is 14.2. The summed E-state index contributed by atoms with van der Waals surface area (Å²) in [4.78, 5) is 29.6. The van der Waals surface area contributed by atoms with Crippen molar-refractivity contribution in [2.75, 3.05) is 19.6 Å². The topological polar surface area (TPSA) is 63.0 Å². The predicted octanol–water partition coefficient (Wildman–Crippen LogP) is 5.75. The molecular weight excluding hydrogens is 471 g/mol. The summed E-state index contributed by atoms with van der Waals surface area (Å²) in [5, 5.41) is 0. The molecule has 2 amide bonds. The number of nitrogens with zero attached hydrogens (tertiary/aromatic N) is 2. The molecule has 0 bridgehead atoms. The molecule has 0 spiro atoms. The quantitative estimate of drug-likeness (QED) is 0.444. The van der Waals surface area contributed by atoms with Crippen molar-refractivity contribution in [1.29, 1.82) is 0 Å². The van der Waals surface area contributed by atoms with Crippen LogP contribution in [0, 0.1) is 11.2 Å². The Morgan fingerprint density at radius 2 is 1.81 bits per heavy atom. The van der Waals surface area contributed by atoms with Crippen LogP contribution in [0.15, 0.2) is 59.0 Å². The highest BCUT2D eigenvalue weighted by Crippen LogP contribution is 2.39. The van der Waals surface area contributed by atoms with Gasteiger partial charge in [0, 0.05) is 25.0 Å². The Morgan fingerprint density at radius 1 is 1.03 bits per heavy atom. The van der Waals surface area contributed by atoms with Gasteiger partial charge in [0.15, 0.2) is 5.76 Å². The highest BCUT2D eigenvalue weighted by Gasteiger charge is 2.37. The normalized spacial score (nSPS) is 17.6. The smallest absolute Gasteiger partial charge is 0.289 e. The summed E-state index contributed by atoms with van der Waals surface area (Å²) in [6.07, 6.45) is 2.76. The van der Waals surface area contributed by atoms with E-state index in [2.05, 4.69) is 0 Å². The van der Waals surface area contributed by atoms with Gasteiger partial charge in [0.05, 0.1) is 6.04 Å². The number of fused-ring (bicyclic) bond motifs is 1. The average molecular weight is 505 g/mol. The van der Waals surface area contributed by atoms with E-state index in [1.165, 1.54) is 12.1 Å². The lowest BCUT2D eigenvalue weighted by molar-refractivity contribution is -0.141. The van der Waals surface area contributed by atoms with Gasteiger partial charge in [-0.05, 0) is 72.4 Å². The van der Waals surface area contributed by atoms with Crippen LogP contribution in [0.4, 0.5) is 4.39 Å². The van der Waals surface area contributed by atoms with Gasteiger partial charge in [0.25, 0.3) is 5.91 Å². The molecule has 1 aromatic heterocycles. The molecule has 0 aliphatic carbocycles. The van der Waals surface area contributed by atoms with Crippen LogP contribution in [0.2, 0.25) is 0 Å². The van der Waals surface area contributed by atoms with Gasteiger partial charge in [-0.1, -0.05) is 39.0 Å². The SMILES string of the molecule is CC(C)(C)C(=O)N1CCc2ccc(OCc3ccc(C(=O)N4CCCC4)o3)cc2[C@H]1c1cccc(F)c1. The van der Waals surface area contributed by atoms with Crippen molar-refractivity contribution < 1.29 is 23.1 Å². The van der Waals surface area contributed by atoms with Crippen LogP contribution in [-0.4, -0.2) is 41.2 Å². The first-order valence-electron chi connectivity index (χ1n) is 12.9. The van der Waals surface area contributed by atoms with Crippen LogP contribution >= 0.6 is 0 Å². The second kappa shape index (κ2) is 10.0.